The molecule has 1 fully saturated rings. The van der Waals surface area contributed by atoms with Gasteiger partial charge >= 0.3 is 0 Å². The lowest BCUT2D eigenvalue weighted by Crippen LogP contribution is -2.49. The number of hydrogen-bond acceptors (Lipinski definition) is 6. The van der Waals surface area contributed by atoms with Crippen molar-refractivity contribution in [2.75, 3.05) is 19.6 Å². The van der Waals surface area contributed by atoms with Gasteiger partial charge in [-0.15, -0.1) is 0 Å². The fraction of sp³-hybridized carbons (Fsp3) is 0.304. The molecule has 0 amide bonds. The Balaban J connectivity index is 1.47. The maximum absolute atomic E-state index is 13.5. The fourth-order valence-electron chi connectivity index (χ4n) is 4.37. The fourth-order valence-corrected chi connectivity index (χ4v) is 5.97. The molecule has 160 valence electrons. The molecule has 2 aliphatic heterocycles. The summed E-state index contributed by atoms with van der Waals surface area (Å²) in [5.41, 5.74) is 1.08. The third-order valence-electron chi connectivity index (χ3n) is 5.83. The predicted octanol–water partition coefficient (Wildman–Crippen LogP) is 2.70. The zero-order chi connectivity index (χ0) is 21.3. The number of para-hydroxylation sites is 1. The minimum Gasteiger partial charge on any atom is -0.483 e. The van der Waals surface area contributed by atoms with E-state index in [2.05, 4.69) is 14.9 Å². The molecule has 1 saturated heterocycles. The maximum atomic E-state index is 13.5. The van der Waals surface area contributed by atoms with E-state index >= 15 is 0 Å². The van der Waals surface area contributed by atoms with Crippen LogP contribution in [0.3, 0.4) is 0 Å². The van der Waals surface area contributed by atoms with Crippen molar-refractivity contribution >= 4 is 10.0 Å². The van der Waals surface area contributed by atoms with E-state index in [0.717, 1.165) is 18.7 Å². The van der Waals surface area contributed by atoms with E-state index in [1.807, 2.05) is 42.5 Å². The first kappa shape index (κ1) is 20.1. The van der Waals surface area contributed by atoms with E-state index in [0.29, 0.717) is 24.5 Å². The maximum Gasteiger partial charge on any atom is 0.247 e. The molecular weight excluding hydrogens is 412 g/mol. The number of nitrogens with zero attached hydrogens (tertiary/aromatic N) is 4. The molecule has 0 bridgehead atoms. The number of benzene rings is 1. The van der Waals surface area contributed by atoms with Crippen molar-refractivity contribution in [2.24, 2.45) is 0 Å². The summed E-state index contributed by atoms with van der Waals surface area (Å²) in [5, 5.41) is 0. The molecule has 7 nitrogen and oxygen atoms in total. The number of likely N-dealkylation sites (tertiary alicyclic amines) is 1. The zero-order valence-corrected chi connectivity index (χ0v) is 17.9. The van der Waals surface area contributed by atoms with Gasteiger partial charge in [-0.3, -0.25) is 14.9 Å². The number of pyridine rings is 2. The van der Waals surface area contributed by atoms with E-state index in [9.17, 15) is 8.42 Å². The number of fused-ring (bicyclic) bond motifs is 1. The lowest BCUT2D eigenvalue weighted by atomic mass is 10.0. The topological polar surface area (TPSA) is 75.6 Å². The van der Waals surface area contributed by atoms with Crippen molar-refractivity contribution in [1.29, 1.82) is 0 Å². The van der Waals surface area contributed by atoms with Crippen LogP contribution in [0.5, 0.6) is 5.75 Å². The molecule has 2 aliphatic rings. The van der Waals surface area contributed by atoms with Gasteiger partial charge in [-0.05, 0) is 36.4 Å². The smallest absolute Gasteiger partial charge is 0.247 e. The Hall–Kier alpha value is -2.81. The van der Waals surface area contributed by atoms with Crippen LogP contribution >= 0.6 is 0 Å². The third kappa shape index (κ3) is 4.06. The van der Waals surface area contributed by atoms with Gasteiger partial charge in [-0.25, -0.2) is 8.42 Å². The Kier molecular flexibility index (Phi) is 5.21. The van der Waals surface area contributed by atoms with Gasteiger partial charge in [0.2, 0.25) is 10.0 Å². The second-order valence-corrected chi connectivity index (χ2v) is 10.0. The second kappa shape index (κ2) is 8.03. The van der Waals surface area contributed by atoms with Gasteiger partial charge in [-0.2, -0.15) is 4.31 Å². The lowest BCUT2D eigenvalue weighted by molar-refractivity contribution is 0.0567. The van der Waals surface area contributed by atoms with Gasteiger partial charge in [0.25, 0.3) is 0 Å². The first-order chi connectivity index (χ1) is 15.0. The average molecular weight is 437 g/mol. The molecule has 1 aromatic carbocycles. The van der Waals surface area contributed by atoms with Gasteiger partial charge in [0.15, 0.2) is 0 Å². The number of rotatable bonds is 4. The van der Waals surface area contributed by atoms with Crippen LogP contribution in [0.4, 0.5) is 0 Å². The molecule has 0 saturated carbocycles. The summed E-state index contributed by atoms with van der Waals surface area (Å²) in [5.74, 6) is 0.422. The first-order valence-corrected chi connectivity index (χ1v) is 11.8. The highest BCUT2D eigenvalue weighted by Crippen LogP contribution is 2.39. The minimum atomic E-state index is -3.72. The summed E-state index contributed by atoms with van der Waals surface area (Å²) >= 11 is 0. The molecule has 8 heteroatoms. The van der Waals surface area contributed by atoms with Crippen LogP contribution < -0.4 is 4.74 Å². The molecule has 3 aromatic rings. The molecule has 0 radical (unpaired) electrons. The summed E-state index contributed by atoms with van der Waals surface area (Å²) in [4.78, 5) is 11.3. The van der Waals surface area contributed by atoms with Crippen molar-refractivity contribution in [3.8, 4) is 5.75 Å². The third-order valence-corrected chi connectivity index (χ3v) is 7.66. The summed E-state index contributed by atoms with van der Waals surface area (Å²) < 4.78 is 35.1. The van der Waals surface area contributed by atoms with Crippen molar-refractivity contribution in [3.63, 3.8) is 0 Å². The molecule has 31 heavy (non-hydrogen) atoms. The molecule has 5 rings (SSSR count). The van der Waals surface area contributed by atoms with Gasteiger partial charge in [0, 0.05) is 38.4 Å². The van der Waals surface area contributed by atoms with Crippen molar-refractivity contribution in [2.45, 2.75) is 30.0 Å². The highest BCUT2D eigenvalue weighted by atomic mass is 32.2. The predicted molar refractivity (Wildman–Crippen MR) is 116 cm³/mol. The Morgan fingerprint density at radius 1 is 0.871 bits per heavy atom. The van der Waals surface area contributed by atoms with Crippen LogP contribution in [0.1, 0.15) is 17.8 Å². The minimum absolute atomic E-state index is 0.211. The molecule has 1 atom stereocenters. The summed E-state index contributed by atoms with van der Waals surface area (Å²) in [6, 6.07) is 18.4. The van der Waals surface area contributed by atoms with E-state index in [1.165, 1.54) is 4.31 Å². The Labute approximate surface area is 182 Å². The van der Waals surface area contributed by atoms with E-state index in [4.69, 9.17) is 4.74 Å². The van der Waals surface area contributed by atoms with Gasteiger partial charge in [0.05, 0.1) is 24.5 Å². The Morgan fingerprint density at radius 3 is 2.26 bits per heavy atom. The normalized spacial score (nSPS) is 23.2. The number of hydrogen-bond donors (Lipinski definition) is 0. The molecule has 0 N–H and O–H groups in total. The molecule has 0 aliphatic carbocycles. The van der Waals surface area contributed by atoms with Crippen LogP contribution in [-0.4, -0.2) is 52.8 Å². The van der Waals surface area contributed by atoms with Crippen LogP contribution in [0.2, 0.25) is 0 Å². The van der Waals surface area contributed by atoms with Crippen molar-refractivity contribution in [3.05, 3.63) is 84.4 Å². The molecule has 4 heterocycles. The van der Waals surface area contributed by atoms with Crippen molar-refractivity contribution in [1.82, 2.24) is 19.2 Å². The quantitative estimate of drug-likeness (QED) is 0.626. The van der Waals surface area contributed by atoms with Crippen LogP contribution in [0.15, 0.2) is 78.0 Å². The molecular formula is C23H24N4O3S. The highest BCUT2D eigenvalue weighted by Gasteiger charge is 2.47. The SMILES string of the molecule is O=S1(=O)c2ccccc2O[C@@]2(CCN(Cc3ccccn3)C2)CN1Cc1ccccn1. The summed E-state index contributed by atoms with van der Waals surface area (Å²) in [7, 11) is -3.72. The first-order valence-electron chi connectivity index (χ1n) is 10.3. The van der Waals surface area contributed by atoms with Crippen LogP contribution in [0, 0.1) is 0 Å². The second-order valence-electron chi connectivity index (χ2n) is 8.11. The molecule has 2 aromatic heterocycles. The average Bonchev–Trinajstić information content (AvgIpc) is 3.13. The van der Waals surface area contributed by atoms with Gasteiger partial charge in [0.1, 0.15) is 16.2 Å². The largest absolute Gasteiger partial charge is 0.483 e. The van der Waals surface area contributed by atoms with E-state index < -0.39 is 15.6 Å². The van der Waals surface area contributed by atoms with Crippen molar-refractivity contribution < 1.29 is 13.2 Å². The van der Waals surface area contributed by atoms with Crippen LogP contribution in [-0.2, 0) is 23.1 Å². The van der Waals surface area contributed by atoms with Gasteiger partial charge < -0.3 is 4.74 Å². The lowest BCUT2D eigenvalue weighted by Gasteiger charge is -2.32. The van der Waals surface area contributed by atoms with E-state index in [-0.39, 0.29) is 18.0 Å². The number of ether oxygens (including phenoxy) is 1. The summed E-state index contributed by atoms with van der Waals surface area (Å²) in [6.45, 7) is 2.64. The zero-order valence-electron chi connectivity index (χ0n) is 17.1. The number of sulfonamides is 1. The van der Waals surface area contributed by atoms with Crippen LogP contribution in [0.25, 0.3) is 0 Å². The highest BCUT2D eigenvalue weighted by molar-refractivity contribution is 7.89. The molecule has 1 spiro atoms. The Bertz CT molecular complexity index is 1160. The standard InChI is InChI=1S/C23H24N4O3S/c28-31(29)22-10-2-1-9-21(22)30-23(18-27(31)16-20-8-4-6-13-25-20)11-14-26(17-23)15-19-7-3-5-12-24-19/h1-10,12-13H,11,14-18H2/t23-/m1/s1. The monoisotopic (exact) mass is 436 g/mol. The number of aromatic nitrogens is 2. The summed E-state index contributed by atoms with van der Waals surface area (Å²) in [6.07, 6.45) is 4.22. The Morgan fingerprint density at radius 2 is 1.55 bits per heavy atom. The molecule has 0 unspecified atom stereocenters. The van der Waals surface area contributed by atoms with Gasteiger partial charge in [-0.1, -0.05) is 24.3 Å². The van der Waals surface area contributed by atoms with E-state index in [1.54, 1.807) is 30.6 Å².